The van der Waals surface area contributed by atoms with E-state index in [1.807, 2.05) is 30.3 Å². The van der Waals surface area contributed by atoms with Gasteiger partial charge >= 0.3 is 11.7 Å². The van der Waals surface area contributed by atoms with Crippen LogP contribution in [0.3, 0.4) is 0 Å². The van der Waals surface area contributed by atoms with E-state index in [0.29, 0.717) is 17.0 Å². The molecule has 58 valence electrons. The molecular weight excluding hydrogens is 224 g/mol. The van der Waals surface area contributed by atoms with Gasteiger partial charge < -0.3 is 0 Å². The zero-order valence-corrected chi connectivity index (χ0v) is 8.27. The maximum Gasteiger partial charge on any atom is 0.468 e. The summed E-state index contributed by atoms with van der Waals surface area (Å²) in [6.07, 6.45) is 0. The Bertz CT molecular complexity index is 225. The summed E-state index contributed by atoms with van der Waals surface area (Å²) in [4.78, 5) is 0. The fourth-order valence-corrected chi connectivity index (χ4v) is 1.86. The first-order valence-electron chi connectivity index (χ1n) is 3.28. The van der Waals surface area contributed by atoms with Gasteiger partial charge in [0.2, 0.25) is 0 Å². The van der Waals surface area contributed by atoms with E-state index in [-0.39, 0.29) is 5.25 Å². The molecule has 0 amide bonds. The third kappa shape index (κ3) is 2.34. The minimum atomic E-state index is 0.0381. The smallest absolute Gasteiger partial charge is 0.0861 e. The third-order valence-corrected chi connectivity index (χ3v) is 3.17. The Hall–Kier alpha value is -0.280. The molecule has 1 unspecified atom stereocenters. The average molecular weight is 232 g/mol. The van der Waals surface area contributed by atoms with Crippen molar-refractivity contribution < 1.29 is 4.21 Å². The summed E-state index contributed by atoms with van der Waals surface area (Å²) < 4.78 is 10.5. The van der Waals surface area contributed by atoms with Crippen LogP contribution in [0.15, 0.2) is 30.3 Å². The molecule has 1 rings (SSSR count). The molecule has 0 saturated carbocycles. The van der Waals surface area contributed by atoms with Gasteiger partial charge in [-0.25, -0.2) is 0 Å². The van der Waals surface area contributed by atoms with Gasteiger partial charge in [-0.15, -0.1) is 0 Å². The normalized spacial score (nSPS) is 12.5. The number of benzene rings is 1. The molecule has 0 saturated heterocycles. The first-order chi connectivity index (χ1) is 5.38. The van der Waals surface area contributed by atoms with Crippen molar-refractivity contribution in [3.05, 3.63) is 35.9 Å². The Morgan fingerprint density at radius 1 is 1.36 bits per heavy atom. The van der Waals surface area contributed by atoms with Crippen LogP contribution in [0.25, 0.3) is 0 Å². The minimum absolute atomic E-state index is 0.0381. The molecular formula is C8H8BrOS+. The van der Waals surface area contributed by atoms with Gasteiger partial charge in [0.15, 0.2) is 0 Å². The van der Waals surface area contributed by atoms with Crippen LogP contribution in [-0.4, -0.2) is 5.33 Å². The molecule has 0 aliphatic carbocycles. The van der Waals surface area contributed by atoms with Crippen molar-refractivity contribution in [2.24, 2.45) is 0 Å². The average Bonchev–Trinajstić information content (AvgIpc) is 2.09. The summed E-state index contributed by atoms with van der Waals surface area (Å²) in [5.74, 6) is 0. The van der Waals surface area contributed by atoms with Crippen molar-refractivity contribution in [3.8, 4) is 0 Å². The monoisotopic (exact) mass is 231 g/mol. The van der Waals surface area contributed by atoms with E-state index in [9.17, 15) is 4.21 Å². The molecule has 0 spiro atoms. The van der Waals surface area contributed by atoms with Crippen molar-refractivity contribution >= 4 is 27.6 Å². The Morgan fingerprint density at radius 3 is 2.45 bits per heavy atom. The molecule has 3 heteroatoms. The second kappa shape index (κ2) is 4.57. The summed E-state index contributed by atoms with van der Waals surface area (Å²) in [6, 6.07) is 9.78. The van der Waals surface area contributed by atoms with Crippen LogP contribution in [0.5, 0.6) is 0 Å². The van der Waals surface area contributed by atoms with E-state index >= 15 is 0 Å². The highest BCUT2D eigenvalue weighted by molar-refractivity contribution is 9.09. The lowest BCUT2D eigenvalue weighted by molar-refractivity contribution is 0.601. The Kier molecular flexibility index (Phi) is 3.66. The van der Waals surface area contributed by atoms with Gasteiger partial charge in [0.25, 0.3) is 5.25 Å². The van der Waals surface area contributed by atoms with Crippen molar-refractivity contribution in [2.45, 2.75) is 5.25 Å². The predicted molar refractivity (Wildman–Crippen MR) is 51.0 cm³/mol. The highest BCUT2D eigenvalue weighted by Gasteiger charge is 2.21. The van der Waals surface area contributed by atoms with E-state index in [2.05, 4.69) is 15.9 Å². The Labute approximate surface area is 78.4 Å². The highest BCUT2D eigenvalue weighted by atomic mass is 79.9. The molecule has 0 aromatic heterocycles. The molecule has 1 aromatic rings. The largest absolute Gasteiger partial charge is 0.468 e. The minimum Gasteiger partial charge on any atom is -0.0861 e. The molecule has 0 heterocycles. The SMILES string of the molecule is O=[S+]C(CBr)c1ccccc1. The first kappa shape index (κ1) is 8.81. The summed E-state index contributed by atoms with van der Waals surface area (Å²) in [6.45, 7) is 0. The maximum atomic E-state index is 10.5. The van der Waals surface area contributed by atoms with Gasteiger partial charge in [-0.1, -0.05) is 46.3 Å². The molecule has 11 heavy (non-hydrogen) atoms. The van der Waals surface area contributed by atoms with Gasteiger partial charge in [0.05, 0.1) is 5.33 Å². The summed E-state index contributed by atoms with van der Waals surface area (Å²) in [5, 5.41) is 0.752. The standard InChI is InChI=1S/C8H8BrOS/c9-6-8(11-10)7-4-2-1-3-5-7/h1-5,8H,6H2/q+1. The first-order valence-corrected chi connectivity index (χ1v) is 5.20. The van der Waals surface area contributed by atoms with Gasteiger partial charge in [0.1, 0.15) is 0 Å². The zero-order chi connectivity index (χ0) is 8.10. The van der Waals surface area contributed by atoms with Crippen molar-refractivity contribution in [2.75, 3.05) is 5.33 Å². The van der Waals surface area contributed by atoms with E-state index in [0.717, 1.165) is 5.56 Å². The fourth-order valence-electron chi connectivity index (χ4n) is 0.838. The van der Waals surface area contributed by atoms with Crippen LogP contribution in [0.2, 0.25) is 0 Å². The van der Waals surface area contributed by atoms with Gasteiger partial charge in [-0.3, -0.25) is 0 Å². The predicted octanol–water partition coefficient (Wildman–Crippen LogP) is 2.55. The van der Waals surface area contributed by atoms with E-state index in [1.54, 1.807) is 0 Å². The lowest BCUT2D eigenvalue weighted by Gasteiger charge is -1.94. The van der Waals surface area contributed by atoms with Crippen molar-refractivity contribution in [1.82, 2.24) is 0 Å². The Morgan fingerprint density at radius 2 is 2.00 bits per heavy atom. The molecule has 0 fully saturated rings. The second-order valence-electron chi connectivity index (χ2n) is 2.15. The Balaban J connectivity index is 2.82. The van der Waals surface area contributed by atoms with E-state index in [4.69, 9.17) is 0 Å². The van der Waals surface area contributed by atoms with Crippen LogP contribution in [0.1, 0.15) is 10.8 Å². The number of halogens is 1. The number of alkyl halides is 1. The van der Waals surface area contributed by atoms with Crippen LogP contribution in [0, 0.1) is 0 Å². The van der Waals surface area contributed by atoms with Gasteiger partial charge in [0, 0.05) is 9.77 Å². The van der Waals surface area contributed by atoms with Gasteiger partial charge in [-0.05, 0) is 0 Å². The number of rotatable bonds is 3. The number of hydrogen-bond acceptors (Lipinski definition) is 1. The molecule has 0 aliphatic rings. The summed E-state index contributed by atoms with van der Waals surface area (Å²) in [7, 11) is 0. The fraction of sp³-hybridized carbons (Fsp3) is 0.250. The van der Waals surface area contributed by atoms with Crippen molar-refractivity contribution in [1.29, 1.82) is 0 Å². The third-order valence-electron chi connectivity index (χ3n) is 1.43. The van der Waals surface area contributed by atoms with E-state index < -0.39 is 0 Å². The second-order valence-corrected chi connectivity index (χ2v) is 3.56. The van der Waals surface area contributed by atoms with Crippen molar-refractivity contribution in [3.63, 3.8) is 0 Å². The molecule has 1 atom stereocenters. The maximum absolute atomic E-state index is 10.5. The highest BCUT2D eigenvalue weighted by Crippen LogP contribution is 2.16. The quantitative estimate of drug-likeness (QED) is 0.578. The number of hydrogen-bond donors (Lipinski definition) is 0. The topological polar surface area (TPSA) is 17.1 Å². The molecule has 1 nitrogen and oxygen atoms in total. The van der Waals surface area contributed by atoms with E-state index in [1.165, 1.54) is 0 Å². The molecule has 0 radical (unpaired) electrons. The zero-order valence-electron chi connectivity index (χ0n) is 5.87. The summed E-state index contributed by atoms with van der Waals surface area (Å²) >= 11 is 3.92. The van der Waals surface area contributed by atoms with Crippen LogP contribution in [-0.2, 0) is 15.9 Å². The summed E-state index contributed by atoms with van der Waals surface area (Å²) in [5.41, 5.74) is 1.09. The molecule has 0 bridgehead atoms. The molecule has 0 N–H and O–H groups in total. The molecule has 0 aliphatic heterocycles. The van der Waals surface area contributed by atoms with Crippen LogP contribution < -0.4 is 0 Å². The lowest BCUT2D eigenvalue weighted by Crippen LogP contribution is -1.96. The lowest BCUT2D eigenvalue weighted by atomic mass is 10.2. The van der Waals surface area contributed by atoms with Crippen LogP contribution >= 0.6 is 15.9 Å². The molecule has 1 aromatic carbocycles. The van der Waals surface area contributed by atoms with Crippen LogP contribution in [0.4, 0.5) is 0 Å². The van der Waals surface area contributed by atoms with Gasteiger partial charge in [-0.2, -0.15) is 0 Å².